The SMILES string of the molecule is COc1cc(N2CCN(C(=O)O)C(C(C)(C)C)C2)ccc1Nc1ncc(Cl)c(Nc2ccc(N3CCN(C(=O)OC(C)(C)C)CC3)cc2F)n1. The van der Waals surface area contributed by atoms with Crippen LogP contribution in [0, 0.1) is 11.2 Å². The summed E-state index contributed by atoms with van der Waals surface area (Å²) in [6.07, 6.45) is 0.159. The van der Waals surface area contributed by atoms with Gasteiger partial charge in [-0.05, 0) is 56.5 Å². The predicted molar refractivity (Wildman–Crippen MR) is 193 cm³/mol. The van der Waals surface area contributed by atoms with E-state index in [1.54, 1.807) is 24.1 Å². The van der Waals surface area contributed by atoms with Crippen molar-refractivity contribution in [2.24, 2.45) is 5.41 Å². The van der Waals surface area contributed by atoms with Crippen LogP contribution in [0.15, 0.2) is 42.6 Å². The Kier molecular flexibility index (Phi) is 10.7. The summed E-state index contributed by atoms with van der Waals surface area (Å²) in [6, 6.07) is 10.4. The van der Waals surface area contributed by atoms with Gasteiger partial charge in [0, 0.05) is 63.3 Å². The van der Waals surface area contributed by atoms with Crippen molar-refractivity contribution < 1.29 is 28.6 Å². The number of hydrogen-bond donors (Lipinski definition) is 3. The molecule has 1 aromatic heterocycles. The molecule has 3 aromatic rings. The number of nitrogens with one attached hydrogen (secondary N) is 2. The van der Waals surface area contributed by atoms with Crippen molar-refractivity contribution in [2.45, 2.75) is 53.2 Å². The molecule has 2 amide bonds. The molecule has 5 rings (SSSR count). The van der Waals surface area contributed by atoms with E-state index in [2.05, 4.69) is 25.5 Å². The molecule has 270 valence electrons. The third-order valence-electron chi connectivity index (χ3n) is 8.67. The lowest BCUT2D eigenvalue weighted by Crippen LogP contribution is -2.59. The Morgan fingerprint density at radius 3 is 2.16 bits per heavy atom. The molecule has 1 atom stereocenters. The second-order valence-corrected chi connectivity index (χ2v) is 14.9. The van der Waals surface area contributed by atoms with Crippen LogP contribution in [0.1, 0.15) is 41.5 Å². The number of benzene rings is 2. The second kappa shape index (κ2) is 14.6. The minimum atomic E-state index is -0.912. The minimum Gasteiger partial charge on any atom is -0.494 e. The summed E-state index contributed by atoms with van der Waals surface area (Å²) >= 11 is 6.41. The van der Waals surface area contributed by atoms with E-state index in [0.717, 1.165) is 5.69 Å². The molecule has 0 aliphatic carbocycles. The largest absolute Gasteiger partial charge is 0.494 e. The van der Waals surface area contributed by atoms with E-state index < -0.39 is 17.5 Å². The first-order chi connectivity index (χ1) is 23.5. The summed E-state index contributed by atoms with van der Waals surface area (Å²) in [4.78, 5) is 40.5. The summed E-state index contributed by atoms with van der Waals surface area (Å²) in [5.74, 6) is 0.473. The van der Waals surface area contributed by atoms with Crippen LogP contribution in [-0.4, -0.2) is 102 Å². The minimum absolute atomic E-state index is 0.186. The van der Waals surface area contributed by atoms with Gasteiger partial charge in [0.1, 0.15) is 22.2 Å². The molecule has 2 fully saturated rings. The molecule has 13 nitrogen and oxygen atoms in total. The topological polar surface area (TPSA) is 136 Å². The Balaban J connectivity index is 1.25. The number of carboxylic acid groups (broad SMARTS) is 1. The van der Waals surface area contributed by atoms with Gasteiger partial charge >= 0.3 is 12.2 Å². The number of nitrogens with zero attached hydrogens (tertiary/aromatic N) is 6. The van der Waals surface area contributed by atoms with Crippen molar-refractivity contribution in [3.8, 4) is 5.75 Å². The zero-order valence-corrected chi connectivity index (χ0v) is 30.3. The predicted octanol–water partition coefficient (Wildman–Crippen LogP) is 7.04. The van der Waals surface area contributed by atoms with Gasteiger partial charge in [0.15, 0.2) is 5.82 Å². The van der Waals surface area contributed by atoms with Crippen LogP contribution in [0.5, 0.6) is 5.75 Å². The number of aromatic nitrogens is 2. The van der Waals surface area contributed by atoms with Crippen LogP contribution < -0.4 is 25.2 Å². The van der Waals surface area contributed by atoms with Gasteiger partial charge < -0.3 is 44.8 Å². The first kappa shape index (κ1) is 36.6. The molecule has 15 heteroatoms. The number of hydrogen-bond acceptors (Lipinski definition) is 10. The van der Waals surface area contributed by atoms with E-state index >= 15 is 4.39 Å². The van der Waals surface area contributed by atoms with E-state index in [-0.39, 0.29) is 40.0 Å². The van der Waals surface area contributed by atoms with Crippen molar-refractivity contribution in [1.29, 1.82) is 0 Å². The van der Waals surface area contributed by atoms with Crippen LogP contribution in [0.25, 0.3) is 0 Å². The zero-order valence-electron chi connectivity index (χ0n) is 29.6. The third-order valence-corrected chi connectivity index (χ3v) is 8.95. The Labute approximate surface area is 297 Å². The van der Waals surface area contributed by atoms with Gasteiger partial charge in [-0.1, -0.05) is 32.4 Å². The quantitative estimate of drug-likeness (QED) is 0.233. The highest BCUT2D eigenvalue weighted by molar-refractivity contribution is 6.32. The fourth-order valence-electron chi connectivity index (χ4n) is 6.01. The molecule has 0 spiro atoms. The monoisotopic (exact) mass is 712 g/mol. The maximum atomic E-state index is 15.4. The normalized spacial score (nSPS) is 17.0. The van der Waals surface area contributed by atoms with Crippen LogP contribution >= 0.6 is 11.6 Å². The highest BCUT2D eigenvalue weighted by Crippen LogP contribution is 2.36. The maximum Gasteiger partial charge on any atom is 0.410 e. The first-order valence-corrected chi connectivity index (χ1v) is 16.9. The van der Waals surface area contributed by atoms with Crippen LogP contribution in [0.3, 0.4) is 0 Å². The zero-order chi connectivity index (χ0) is 36.4. The van der Waals surface area contributed by atoms with Gasteiger partial charge in [-0.2, -0.15) is 4.98 Å². The summed E-state index contributed by atoms with van der Waals surface area (Å²) < 4.78 is 26.5. The van der Waals surface area contributed by atoms with Gasteiger partial charge in [-0.15, -0.1) is 0 Å². The summed E-state index contributed by atoms with van der Waals surface area (Å²) in [6.45, 7) is 15.1. The lowest BCUT2D eigenvalue weighted by molar-refractivity contribution is 0.0240. The lowest BCUT2D eigenvalue weighted by Gasteiger charge is -2.46. The highest BCUT2D eigenvalue weighted by atomic mass is 35.5. The van der Waals surface area contributed by atoms with Crippen molar-refractivity contribution in [1.82, 2.24) is 19.8 Å². The molecule has 50 heavy (non-hydrogen) atoms. The molecular weight excluding hydrogens is 667 g/mol. The van der Waals surface area contributed by atoms with Gasteiger partial charge in [0.2, 0.25) is 5.95 Å². The molecule has 0 saturated carbocycles. The fraction of sp³-hybridized carbons (Fsp3) is 0.486. The van der Waals surface area contributed by atoms with Crippen LogP contribution in [0.4, 0.5) is 48.5 Å². The van der Waals surface area contributed by atoms with Crippen LogP contribution in [-0.2, 0) is 4.74 Å². The molecule has 3 N–H and O–H groups in total. The average molecular weight is 713 g/mol. The van der Waals surface area contributed by atoms with E-state index in [9.17, 15) is 14.7 Å². The van der Waals surface area contributed by atoms with E-state index in [4.69, 9.17) is 21.1 Å². The van der Waals surface area contributed by atoms with Crippen LogP contribution in [0.2, 0.25) is 5.02 Å². The van der Waals surface area contributed by atoms with E-state index in [0.29, 0.717) is 62.9 Å². The number of rotatable bonds is 7. The van der Waals surface area contributed by atoms with Gasteiger partial charge in [-0.3, -0.25) is 0 Å². The molecule has 2 aliphatic heterocycles. The summed E-state index contributed by atoms with van der Waals surface area (Å²) in [5, 5.41) is 16.1. The lowest BCUT2D eigenvalue weighted by atomic mass is 9.84. The third kappa shape index (κ3) is 8.70. The van der Waals surface area contributed by atoms with E-state index in [1.807, 2.05) is 64.6 Å². The summed E-state index contributed by atoms with van der Waals surface area (Å²) in [7, 11) is 1.56. The average Bonchev–Trinajstić information content (AvgIpc) is 3.06. The Hall–Kier alpha value is -4.72. The molecule has 3 heterocycles. The number of piperazine rings is 2. The number of methoxy groups -OCH3 is 1. The van der Waals surface area contributed by atoms with Crippen molar-refractivity contribution >= 4 is 58.3 Å². The number of halogens is 2. The molecule has 0 radical (unpaired) electrons. The molecule has 1 unspecified atom stereocenters. The smallest absolute Gasteiger partial charge is 0.410 e. The van der Waals surface area contributed by atoms with Crippen molar-refractivity contribution in [3.63, 3.8) is 0 Å². The van der Waals surface area contributed by atoms with Crippen molar-refractivity contribution in [2.75, 3.05) is 73.4 Å². The van der Waals surface area contributed by atoms with E-state index in [1.165, 1.54) is 17.2 Å². The van der Waals surface area contributed by atoms with Gasteiger partial charge in [0.25, 0.3) is 0 Å². The number of amides is 2. The number of anilines is 6. The molecule has 2 aliphatic rings. The number of ether oxygens (including phenoxy) is 2. The Bertz CT molecular complexity index is 1710. The molecule has 2 saturated heterocycles. The first-order valence-electron chi connectivity index (χ1n) is 16.5. The Morgan fingerprint density at radius 1 is 0.920 bits per heavy atom. The molecule has 0 bridgehead atoms. The Morgan fingerprint density at radius 2 is 1.56 bits per heavy atom. The van der Waals surface area contributed by atoms with Gasteiger partial charge in [-0.25, -0.2) is 19.0 Å². The fourth-order valence-corrected chi connectivity index (χ4v) is 6.14. The highest BCUT2D eigenvalue weighted by Gasteiger charge is 2.38. The van der Waals surface area contributed by atoms with Gasteiger partial charge in [0.05, 0.1) is 30.7 Å². The van der Waals surface area contributed by atoms with Crippen molar-refractivity contribution in [3.05, 3.63) is 53.4 Å². The number of carbonyl (C=O) groups is 2. The summed E-state index contributed by atoms with van der Waals surface area (Å²) in [5.41, 5.74) is 1.57. The molecular formula is C35H46ClFN8O5. The molecule has 2 aromatic carbocycles. The number of carbonyl (C=O) groups excluding carboxylic acids is 1. The maximum absolute atomic E-state index is 15.4. The standard InChI is InChI=1S/C35H46ClFN8O5/c1-34(2,3)29-21-44(16-17-45(29)32(46)47)23-9-11-27(28(19-23)49-7)40-31-38-20-24(36)30(41-31)39-26-10-8-22(18-25(26)37)42-12-14-43(15-13-42)33(48)50-35(4,5)6/h8-11,18-20,29H,12-17,21H2,1-7H3,(H,46,47)(H2,38,39,40,41). The second-order valence-electron chi connectivity index (χ2n) is 14.4.